The molecule has 0 saturated carbocycles. The van der Waals surface area contributed by atoms with Gasteiger partial charge in [-0.1, -0.05) is 12.8 Å². The van der Waals surface area contributed by atoms with Gasteiger partial charge in [0.15, 0.2) is 4.75 Å². The SMILES string of the molecule is O=C(NO)C1(S(=O)(=O)N2CCC(CCCCOCCCC(F)(F)F)CC2)CCOCC1. The largest absolute Gasteiger partial charge is 0.389 e. The van der Waals surface area contributed by atoms with Crippen LogP contribution in [-0.4, -0.2) is 74.3 Å². The fourth-order valence-electron chi connectivity index (χ4n) is 4.20. The van der Waals surface area contributed by atoms with E-state index in [1.54, 1.807) is 0 Å². The Bertz CT molecular complexity index is 660. The number of hydrogen-bond acceptors (Lipinski definition) is 6. The monoisotopic (exact) mass is 474 g/mol. The van der Waals surface area contributed by atoms with Crippen LogP contribution in [-0.2, 0) is 24.3 Å². The number of rotatable bonds is 11. The molecule has 0 spiro atoms. The summed E-state index contributed by atoms with van der Waals surface area (Å²) in [5.74, 6) is -0.554. The van der Waals surface area contributed by atoms with Crippen molar-refractivity contribution in [3.8, 4) is 0 Å². The molecule has 8 nitrogen and oxygen atoms in total. The molecule has 182 valence electrons. The van der Waals surface area contributed by atoms with Crippen molar-refractivity contribution in [3.05, 3.63) is 0 Å². The van der Waals surface area contributed by atoms with Gasteiger partial charge in [0.1, 0.15) is 0 Å². The van der Waals surface area contributed by atoms with Crippen molar-refractivity contribution in [1.29, 1.82) is 0 Å². The van der Waals surface area contributed by atoms with Crippen LogP contribution in [0.3, 0.4) is 0 Å². The molecule has 2 rings (SSSR count). The van der Waals surface area contributed by atoms with Crippen LogP contribution in [0.2, 0.25) is 0 Å². The predicted octanol–water partition coefficient (Wildman–Crippen LogP) is 2.61. The highest BCUT2D eigenvalue weighted by molar-refractivity contribution is 7.91. The second-order valence-electron chi connectivity index (χ2n) is 8.22. The van der Waals surface area contributed by atoms with Crippen molar-refractivity contribution in [2.24, 2.45) is 5.92 Å². The number of piperidine rings is 1. The van der Waals surface area contributed by atoms with Crippen LogP contribution >= 0.6 is 0 Å². The molecular formula is C19H33F3N2O6S. The number of ether oxygens (including phenoxy) is 2. The number of amides is 1. The molecule has 12 heteroatoms. The molecule has 1 amide bonds. The minimum absolute atomic E-state index is 0.00459. The average Bonchev–Trinajstić information content (AvgIpc) is 2.75. The van der Waals surface area contributed by atoms with Crippen molar-refractivity contribution in [1.82, 2.24) is 9.79 Å². The molecule has 0 unspecified atom stereocenters. The number of carbonyl (C=O) groups excluding carboxylic acids is 1. The summed E-state index contributed by atoms with van der Waals surface area (Å²) >= 11 is 0. The van der Waals surface area contributed by atoms with Gasteiger partial charge in [0.2, 0.25) is 10.0 Å². The van der Waals surface area contributed by atoms with E-state index in [0.29, 0.717) is 38.5 Å². The molecule has 2 aliphatic rings. The van der Waals surface area contributed by atoms with Gasteiger partial charge in [-0.15, -0.1) is 0 Å². The molecule has 0 aromatic rings. The quantitative estimate of drug-likeness (QED) is 0.271. The number of halogens is 3. The van der Waals surface area contributed by atoms with Crippen LogP contribution in [0.5, 0.6) is 0 Å². The minimum Gasteiger partial charge on any atom is -0.381 e. The van der Waals surface area contributed by atoms with Gasteiger partial charge in [-0.3, -0.25) is 10.0 Å². The molecule has 2 N–H and O–H groups in total. The number of nitrogens with zero attached hydrogens (tertiary/aromatic N) is 1. The number of hydroxylamine groups is 1. The van der Waals surface area contributed by atoms with Crippen molar-refractivity contribution in [2.75, 3.05) is 39.5 Å². The summed E-state index contributed by atoms with van der Waals surface area (Å²) in [6.07, 6.45) is -1.11. The first-order chi connectivity index (χ1) is 14.6. The van der Waals surface area contributed by atoms with E-state index in [-0.39, 0.29) is 39.1 Å². The lowest BCUT2D eigenvalue weighted by Gasteiger charge is -2.40. The summed E-state index contributed by atoms with van der Waals surface area (Å²) in [5.41, 5.74) is 1.52. The summed E-state index contributed by atoms with van der Waals surface area (Å²) in [6, 6.07) is 0. The maximum atomic E-state index is 13.2. The standard InChI is InChI=1S/C19H33F3N2O6S/c20-19(21,22)7-3-13-29-12-2-1-4-16-5-10-24(11-6-16)31(27,28)18(17(25)23-26)8-14-30-15-9-18/h16,26H,1-15H2,(H,23,25). The zero-order valence-corrected chi connectivity index (χ0v) is 18.5. The zero-order valence-electron chi connectivity index (χ0n) is 17.7. The predicted molar refractivity (Wildman–Crippen MR) is 106 cm³/mol. The van der Waals surface area contributed by atoms with Gasteiger partial charge in [-0.2, -0.15) is 13.2 Å². The van der Waals surface area contributed by atoms with E-state index in [4.69, 9.17) is 14.7 Å². The number of unbranched alkanes of at least 4 members (excludes halogenated alkanes) is 1. The topological polar surface area (TPSA) is 105 Å². The van der Waals surface area contributed by atoms with Gasteiger partial charge in [0.05, 0.1) is 0 Å². The summed E-state index contributed by atoms with van der Waals surface area (Å²) in [5, 5.41) is 9.10. The van der Waals surface area contributed by atoms with Gasteiger partial charge in [-0.25, -0.2) is 18.2 Å². The molecule has 0 aromatic carbocycles. The normalized spacial score (nSPS) is 21.2. The number of hydrogen-bond donors (Lipinski definition) is 2. The Morgan fingerprint density at radius 3 is 2.32 bits per heavy atom. The molecule has 31 heavy (non-hydrogen) atoms. The first-order valence-corrected chi connectivity index (χ1v) is 12.2. The Hall–Kier alpha value is -0.950. The van der Waals surface area contributed by atoms with Crippen LogP contribution in [0.15, 0.2) is 0 Å². The second kappa shape index (κ2) is 11.8. The molecule has 0 radical (unpaired) electrons. The zero-order chi connectivity index (χ0) is 23.0. The Morgan fingerprint density at radius 1 is 1.13 bits per heavy atom. The summed E-state index contributed by atoms with van der Waals surface area (Å²) in [6.45, 7) is 1.45. The maximum Gasteiger partial charge on any atom is 0.389 e. The van der Waals surface area contributed by atoms with Gasteiger partial charge >= 0.3 is 6.18 Å². The fourth-order valence-corrected chi connectivity index (χ4v) is 6.35. The van der Waals surface area contributed by atoms with E-state index in [0.717, 1.165) is 19.3 Å². The third-order valence-electron chi connectivity index (χ3n) is 6.12. The molecule has 0 aromatic heterocycles. The lowest BCUT2D eigenvalue weighted by Crippen LogP contribution is -2.60. The smallest absolute Gasteiger partial charge is 0.381 e. The molecule has 0 bridgehead atoms. The molecule has 2 fully saturated rings. The number of alkyl halides is 3. The molecule has 0 atom stereocenters. The Morgan fingerprint density at radius 2 is 1.74 bits per heavy atom. The number of carbonyl (C=O) groups is 1. The highest BCUT2D eigenvalue weighted by atomic mass is 32.2. The van der Waals surface area contributed by atoms with Gasteiger partial charge in [0.25, 0.3) is 5.91 Å². The van der Waals surface area contributed by atoms with E-state index < -0.39 is 33.3 Å². The lowest BCUT2D eigenvalue weighted by atomic mass is 9.92. The van der Waals surface area contributed by atoms with Crippen LogP contribution in [0, 0.1) is 5.92 Å². The molecule has 2 heterocycles. The summed E-state index contributed by atoms with van der Waals surface area (Å²) < 4.78 is 72.7. The average molecular weight is 475 g/mol. The van der Waals surface area contributed by atoms with Gasteiger partial charge < -0.3 is 9.47 Å². The molecular weight excluding hydrogens is 441 g/mol. The molecule has 0 aliphatic carbocycles. The van der Waals surface area contributed by atoms with E-state index in [1.165, 1.54) is 9.79 Å². The Labute approximate surface area is 181 Å². The summed E-state index contributed by atoms with van der Waals surface area (Å²) in [4.78, 5) is 12.3. The van der Waals surface area contributed by atoms with Crippen molar-refractivity contribution < 1.29 is 41.1 Å². The van der Waals surface area contributed by atoms with Crippen LogP contribution in [0.25, 0.3) is 0 Å². The Balaban J connectivity index is 1.71. The van der Waals surface area contributed by atoms with Crippen LogP contribution < -0.4 is 5.48 Å². The first kappa shape index (κ1) is 26.3. The van der Waals surface area contributed by atoms with E-state index in [2.05, 4.69) is 0 Å². The van der Waals surface area contributed by atoms with Crippen molar-refractivity contribution in [2.45, 2.75) is 68.7 Å². The molecule has 2 aliphatic heterocycles. The van der Waals surface area contributed by atoms with Gasteiger partial charge in [0, 0.05) is 58.8 Å². The van der Waals surface area contributed by atoms with E-state index >= 15 is 0 Å². The highest BCUT2D eigenvalue weighted by Gasteiger charge is 2.54. The van der Waals surface area contributed by atoms with Crippen LogP contribution in [0.1, 0.15) is 57.8 Å². The third-order valence-corrected chi connectivity index (χ3v) is 8.75. The Kier molecular flexibility index (Phi) is 9.99. The van der Waals surface area contributed by atoms with Crippen molar-refractivity contribution in [3.63, 3.8) is 0 Å². The van der Waals surface area contributed by atoms with Crippen molar-refractivity contribution >= 4 is 15.9 Å². The minimum atomic E-state index is -4.14. The van der Waals surface area contributed by atoms with E-state index in [9.17, 15) is 26.4 Å². The summed E-state index contributed by atoms with van der Waals surface area (Å²) in [7, 11) is -3.95. The number of sulfonamides is 1. The van der Waals surface area contributed by atoms with E-state index in [1.807, 2.05) is 0 Å². The number of nitrogens with one attached hydrogen (secondary N) is 1. The first-order valence-electron chi connectivity index (χ1n) is 10.8. The second-order valence-corrected chi connectivity index (χ2v) is 10.5. The molecule has 2 saturated heterocycles. The highest BCUT2D eigenvalue weighted by Crippen LogP contribution is 2.35. The lowest BCUT2D eigenvalue weighted by molar-refractivity contribution is -0.138. The third kappa shape index (κ3) is 7.28. The van der Waals surface area contributed by atoms with Crippen LogP contribution in [0.4, 0.5) is 13.2 Å². The maximum absolute atomic E-state index is 13.2. The van der Waals surface area contributed by atoms with Gasteiger partial charge in [-0.05, 0) is 31.6 Å². The fraction of sp³-hybridized carbons (Fsp3) is 0.947.